The molecule has 1 saturated heterocycles. The molecule has 4 saturated carbocycles. The average molecular weight is 501 g/mol. The summed E-state index contributed by atoms with van der Waals surface area (Å²) in [5, 5.41) is 6.22. The van der Waals surface area contributed by atoms with Gasteiger partial charge in [0.2, 0.25) is 0 Å². The molecule has 2 heterocycles. The SMILES string of the molecule is C[C@@H](NC(=O)c1cn(C23CC(C)(C2)C3)c(=O)cc1N[C@H]1[C@@H]2CN(C)C[C@@H]21)c1cccc(C(F)F)c1F. The minimum Gasteiger partial charge on any atom is -0.381 e. The first-order chi connectivity index (χ1) is 17.0. The highest BCUT2D eigenvalue weighted by molar-refractivity contribution is 5.99. The quantitative estimate of drug-likeness (QED) is 0.596. The summed E-state index contributed by atoms with van der Waals surface area (Å²) in [7, 11) is 2.08. The number of rotatable bonds is 7. The van der Waals surface area contributed by atoms with E-state index in [1.165, 1.54) is 18.2 Å². The Labute approximate surface area is 207 Å². The van der Waals surface area contributed by atoms with Gasteiger partial charge in [0.15, 0.2) is 0 Å². The summed E-state index contributed by atoms with van der Waals surface area (Å²) in [6.07, 6.45) is 1.43. The summed E-state index contributed by atoms with van der Waals surface area (Å²) >= 11 is 0. The fraction of sp³-hybridized carbons (Fsp3) is 0.556. The first-order valence-corrected chi connectivity index (χ1v) is 12.6. The highest BCUT2D eigenvalue weighted by Gasteiger charge is 2.66. The Bertz CT molecular complexity index is 1280. The molecule has 36 heavy (non-hydrogen) atoms. The number of piperidine rings is 1. The number of nitrogens with zero attached hydrogens (tertiary/aromatic N) is 2. The number of anilines is 1. The minimum atomic E-state index is -2.95. The van der Waals surface area contributed by atoms with E-state index in [1.54, 1.807) is 17.7 Å². The number of halogens is 3. The molecule has 1 aromatic carbocycles. The molecule has 1 amide bonds. The smallest absolute Gasteiger partial charge is 0.266 e. The summed E-state index contributed by atoms with van der Waals surface area (Å²) in [6.45, 7) is 5.71. The van der Waals surface area contributed by atoms with Gasteiger partial charge in [0.1, 0.15) is 5.82 Å². The zero-order chi connectivity index (χ0) is 25.6. The van der Waals surface area contributed by atoms with Crippen LogP contribution in [-0.2, 0) is 5.54 Å². The van der Waals surface area contributed by atoms with Crippen molar-refractivity contribution < 1.29 is 18.0 Å². The zero-order valence-corrected chi connectivity index (χ0v) is 20.7. The molecule has 4 aliphatic carbocycles. The van der Waals surface area contributed by atoms with Crippen LogP contribution in [0.4, 0.5) is 18.9 Å². The van der Waals surface area contributed by atoms with Gasteiger partial charge >= 0.3 is 0 Å². The molecule has 0 unspecified atom stereocenters. The molecular weight excluding hydrogens is 469 g/mol. The van der Waals surface area contributed by atoms with Gasteiger partial charge < -0.3 is 20.1 Å². The molecular formula is C27H31F3N4O2. The van der Waals surface area contributed by atoms with Crippen LogP contribution in [0.5, 0.6) is 0 Å². The molecule has 192 valence electrons. The first kappa shape index (κ1) is 23.6. The molecule has 4 atom stereocenters. The lowest BCUT2D eigenvalue weighted by molar-refractivity contribution is -0.175. The number of fused-ring (bicyclic) bond motifs is 1. The summed E-state index contributed by atoms with van der Waals surface area (Å²) in [4.78, 5) is 28.9. The van der Waals surface area contributed by atoms with Crippen molar-refractivity contribution in [1.82, 2.24) is 14.8 Å². The topological polar surface area (TPSA) is 66.4 Å². The lowest BCUT2D eigenvalue weighted by Crippen LogP contribution is -2.68. The largest absolute Gasteiger partial charge is 0.381 e. The van der Waals surface area contributed by atoms with E-state index in [9.17, 15) is 22.8 Å². The molecule has 0 spiro atoms. The Morgan fingerprint density at radius 1 is 1.14 bits per heavy atom. The maximum Gasteiger partial charge on any atom is 0.266 e. The van der Waals surface area contributed by atoms with Crippen molar-refractivity contribution in [1.29, 1.82) is 0 Å². The second kappa shape index (κ2) is 7.84. The maximum absolute atomic E-state index is 14.7. The zero-order valence-electron chi connectivity index (χ0n) is 20.7. The van der Waals surface area contributed by atoms with Crippen molar-refractivity contribution in [3.05, 3.63) is 63.3 Å². The Morgan fingerprint density at radius 3 is 2.39 bits per heavy atom. The van der Waals surface area contributed by atoms with Crippen molar-refractivity contribution in [3.63, 3.8) is 0 Å². The molecule has 2 bridgehead atoms. The standard InChI is InChI=1S/C27H31F3N4O2/c1-14(15-5-4-6-16(22(15)28)24(29)30)31-25(36)19-10-34(27-11-26(2,12-27)13-27)21(35)7-20(19)32-23-17-8-33(3)9-18(17)23/h4-7,10,14,17-18,23-24,32H,8-9,11-13H2,1-3H3,(H,31,36)/t14-,17-,18+,23+,26?,27?/m1/s1. The van der Waals surface area contributed by atoms with Crippen LogP contribution < -0.4 is 16.2 Å². The van der Waals surface area contributed by atoms with Crippen molar-refractivity contribution in [3.8, 4) is 0 Å². The van der Waals surface area contributed by atoms with Gasteiger partial charge in [-0.1, -0.05) is 25.1 Å². The van der Waals surface area contributed by atoms with Crippen LogP contribution in [0.15, 0.2) is 35.3 Å². The third kappa shape index (κ3) is 3.57. The van der Waals surface area contributed by atoms with Crippen LogP contribution in [0, 0.1) is 23.1 Å². The second-order valence-electron chi connectivity index (χ2n) is 11.8. The second-order valence-corrected chi connectivity index (χ2v) is 11.8. The van der Waals surface area contributed by atoms with Gasteiger partial charge in [-0.2, -0.15) is 0 Å². The summed E-state index contributed by atoms with van der Waals surface area (Å²) in [5.74, 6) is -0.519. The van der Waals surface area contributed by atoms with Crippen molar-refractivity contribution in [2.75, 3.05) is 25.5 Å². The van der Waals surface area contributed by atoms with E-state index in [0.717, 1.165) is 38.4 Å². The van der Waals surface area contributed by atoms with Crippen LogP contribution in [0.2, 0.25) is 0 Å². The van der Waals surface area contributed by atoms with Crippen molar-refractivity contribution >= 4 is 11.6 Å². The molecule has 0 radical (unpaired) electrons. The molecule has 7 rings (SSSR count). The number of pyridine rings is 1. The van der Waals surface area contributed by atoms with E-state index in [2.05, 4.69) is 29.5 Å². The average Bonchev–Trinajstić information content (AvgIpc) is 3.21. The number of benzene rings is 1. The van der Waals surface area contributed by atoms with Gasteiger partial charge in [-0.25, -0.2) is 13.2 Å². The molecule has 2 N–H and O–H groups in total. The molecule has 1 aliphatic heterocycles. The van der Waals surface area contributed by atoms with E-state index >= 15 is 0 Å². The van der Waals surface area contributed by atoms with Gasteiger partial charge in [-0.3, -0.25) is 9.59 Å². The van der Waals surface area contributed by atoms with Crippen LogP contribution in [-0.4, -0.2) is 41.6 Å². The number of hydrogen-bond acceptors (Lipinski definition) is 4. The fourth-order valence-corrected chi connectivity index (χ4v) is 7.24. The van der Waals surface area contributed by atoms with E-state index in [0.29, 0.717) is 23.1 Å². The van der Waals surface area contributed by atoms with Gasteiger partial charge in [-0.15, -0.1) is 0 Å². The van der Waals surface area contributed by atoms with E-state index in [-0.39, 0.29) is 28.1 Å². The molecule has 6 nitrogen and oxygen atoms in total. The highest BCUT2D eigenvalue weighted by Crippen LogP contribution is 2.70. The number of carbonyl (C=O) groups excluding carboxylic acids is 1. The van der Waals surface area contributed by atoms with Gasteiger partial charge in [0, 0.05) is 42.5 Å². The Kier molecular flexibility index (Phi) is 5.14. The maximum atomic E-state index is 14.7. The number of alkyl halides is 2. The third-order valence-electron chi connectivity index (χ3n) is 8.88. The number of carbonyl (C=O) groups is 1. The number of nitrogens with one attached hydrogen (secondary N) is 2. The Hall–Kier alpha value is -2.81. The molecule has 2 aromatic rings. The first-order valence-electron chi connectivity index (χ1n) is 12.6. The van der Waals surface area contributed by atoms with Crippen LogP contribution in [0.1, 0.15) is 67.1 Å². The number of aromatic nitrogens is 1. The summed E-state index contributed by atoms with van der Waals surface area (Å²) < 4.78 is 42.8. The van der Waals surface area contributed by atoms with Crippen molar-refractivity contribution in [2.24, 2.45) is 17.3 Å². The lowest BCUT2D eigenvalue weighted by atomic mass is 9.40. The predicted molar refractivity (Wildman–Crippen MR) is 130 cm³/mol. The fourth-order valence-electron chi connectivity index (χ4n) is 7.24. The van der Waals surface area contributed by atoms with Crippen LogP contribution in [0.25, 0.3) is 0 Å². The van der Waals surface area contributed by atoms with Crippen LogP contribution in [0.3, 0.4) is 0 Å². The summed E-state index contributed by atoms with van der Waals surface area (Å²) in [5.41, 5.74) is 0.00704. The van der Waals surface area contributed by atoms with Crippen molar-refractivity contribution in [2.45, 2.75) is 57.2 Å². The van der Waals surface area contributed by atoms with Crippen LogP contribution >= 0.6 is 0 Å². The van der Waals surface area contributed by atoms with Gasteiger partial charge in [0.25, 0.3) is 17.9 Å². The lowest BCUT2D eigenvalue weighted by Gasteiger charge is -2.69. The van der Waals surface area contributed by atoms with E-state index in [4.69, 9.17) is 0 Å². The number of hydrogen-bond donors (Lipinski definition) is 2. The summed E-state index contributed by atoms with van der Waals surface area (Å²) in [6, 6.07) is 4.68. The molecule has 5 fully saturated rings. The Balaban J connectivity index is 1.29. The predicted octanol–water partition coefficient (Wildman–Crippen LogP) is 4.29. The molecule has 9 heteroatoms. The Morgan fingerprint density at radius 2 is 1.78 bits per heavy atom. The van der Waals surface area contributed by atoms with Gasteiger partial charge in [0.05, 0.1) is 22.9 Å². The highest BCUT2D eigenvalue weighted by atomic mass is 19.3. The molecule has 1 aromatic heterocycles. The van der Waals surface area contributed by atoms with E-state index in [1.807, 2.05) is 0 Å². The third-order valence-corrected chi connectivity index (χ3v) is 8.88. The monoisotopic (exact) mass is 500 g/mol. The number of likely N-dealkylation sites (tertiary alicyclic amines) is 1. The minimum absolute atomic E-state index is 0.00362. The molecule has 5 aliphatic rings. The normalized spacial score (nSPS) is 32.9. The van der Waals surface area contributed by atoms with Gasteiger partial charge in [-0.05, 0) is 50.5 Å². The van der Waals surface area contributed by atoms with E-state index < -0.39 is 29.8 Å². The number of amides is 1.